The first-order valence-electron chi connectivity index (χ1n) is 19.8. The highest BCUT2D eigenvalue weighted by Gasteiger charge is 2.26. The molecule has 11 heteroatoms. The van der Waals surface area contributed by atoms with E-state index in [1.165, 1.54) is 19.3 Å². The van der Waals surface area contributed by atoms with Crippen LogP contribution < -0.4 is 5.73 Å². The molecule has 4 N–H and O–H groups in total. The molecule has 0 saturated heterocycles. The van der Waals surface area contributed by atoms with Crippen LogP contribution in [0.5, 0.6) is 0 Å². The van der Waals surface area contributed by atoms with Crippen LogP contribution in [-0.2, 0) is 32.7 Å². The lowest BCUT2D eigenvalue weighted by atomic mass is 10.1. The summed E-state index contributed by atoms with van der Waals surface area (Å²) in [6, 6.07) is 0. The summed E-state index contributed by atoms with van der Waals surface area (Å²) in [6.45, 7) is 3.27. The smallest absolute Gasteiger partial charge is 0.462 e. The van der Waals surface area contributed by atoms with Gasteiger partial charge in [0, 0.05) is 19.4 Å². The maximum atomic E-state index is 12.5. The first-order valence-corrected chi connectivity index (χ1v) is 21.3. The van der Waals surface area contributed by atoms with Crippen molar-refractivity contribution in [2.45, 2.75) is 135 Å². The Bertz CT molecular complexity index is 1220. The Balaban J connectivity index is 4.50. The lowest BCUT2D eigenvalue weighted by Gasteiger charge is -2.20. The standard InChI is InChI=1S/C43H70NO9P/c1-3-5-7-9-11-13-15-17-18-20-22-24-26-28-30-34-43(47)53-41(39-52-54(48,49)51-37-36-44)38-50-42(46)35-31-33-40(45)32-29-27-25-23-21-19-16-14-12-10-8-6-4-2/h5,7,11-14,17-19,21-22,24-25,27,29,32,40-41,45H,3-4,6,8-10,15-16,20,23,26,28,30-31,33-39,44H2,1-2H3,(H,48,49)/b7-5-,13-11-,14-12-,18-17-,21-19-,24-22-,27-25-,32-29+/t40-,41-/m1/s1. The van der Waals surface area contributed by atoms with Crippen LogP contribution in [0.15, 0.2) is 97.2 Å². The molecule has 1 unspecified atom stereocenters. The van der Waals surface area contributed by atoms with Gasteiger partial charge in [0.15, 0.2) is 6.10 Å². The van der Waals surface area contributed by atoms with Gasteiger partial charge in [-0.2, -0.15) is 0 Å². The van der Waals surface area contributed by atoms with Crippen molar-refractivity contribution in [1.82, 2.24) is 0 Å². The summed E-state index contributed by atoms with van der Waals surface area (Å²) >= 11 is 0. The molecule has 0 aliphatic heterocycles. The van der Waals surface area contributed by atoms with Gasteiger partial charge in [-0.3, -0.25) is 18.6 Å². The number of ether oxygens (including phenoxy) is 2. The SMILES string of the molecule is CC/C=C\C/C=C\C/C=C\C/C=C\CCCCC(=O)O[C@H](COC(=O)CCC[C@H](O)/C=C/C=C\C/C=C\C/C=C\CCCCC)COP(=O)(O)OCCN. The van der Waals surface area contributed by atoms with Crippen LogP contribution in [-0.4, -0.2) is 60.5 Å². The van der Waals surface area contributed by atoms with Crippen molar-refractivity contribution in [1.29, 1.82) is 0 Å². The van der Waals surface area contributed by atoms with Crippen LogP contribution in [0.3, 0.4) is 0 Å². The molecule has 0 amide bonds. The Hall–Kier alpha value is -3.11. The van der Waals surface area contributed by atoms with Gasteiger partial charge in [-0.15, -0.1) is 0 Å². The number of rotatable bonds is 35. The maximum absolute atomic E-state index is 12.5. The van der Waals surface area contributed by atoms with Crippen LogP contribution in [0.4, 0.5) is 0 Å². The first-order chi connectivity index (χ1) is 26.2. The molecular weight excluding hydrogens is 705 g/mol. The summed E-state index contributed by atoms with van der Waals surface area (Å²) < 4.78 is 32.5. The van der Waals surface area contributed by atoms with E-state index in [1.807, 2.05) is 12.2 Å². The summed E-state index contributed by atoms with van der Waals surface area (Å²) in [6.07, 6.45) is 44.8. The molecule has 0 aliphatic carbocycles. The second kappa shape index (κ2) is 38.2. The van der Waals surface area contributed by atoms with E-state index in [0.29, 0.717) is 19.3 Å². The molecule has 0 fully saturated rings. The van der Waals surface area contributed by atoms with Crippen molar-refractivity contribution in [3.63, 3.8) is 0 Å². The first kappa shape index (κ1) is 50.9. The molecule has 54 heavy (non-hydrogen) atoms. The summed E-state index contributed by atoms with van der Waals surface area (Å²) in [5.74, 6) is -1.09. The number of allylic oxidation sites excluding steroid dienone is 15. The predicted molar refractivity (Wildman–Crippen MR) is 221 cm³/mol. The van der Waals surface area contributed by atoms with E-state index >= 15 is 0 Å². The molecular formula is C43H70NO9P. The van der Waals surface area contributed by atoms with Gasteiger partial charge in [0.05, 0.1) is 19.3 Å². The van der Waals surface area contributed by atoms with E-state index in [2.05, 4.69) is 86.8 Å². The number of nitrogens with two attached hydrogens (primary N) is 1. The Morgan fingerprint density at radius 2 is 1.22 bits per heavy atom. The van der Waals surface area contributed by atoms with Crippen molar-refractivity contribution in [3.05, 3.63) is 97.2 Å². The topological polar surface area (TPSA) is 155 Å². The minimum atomic E-state index is -4.44. The molecule has 0 rings (SSSR count). The average Bonchev–Trinajstić information content (AvgIpc) is 3.15. The average molecular weight is 776 g/mol. The van der Waals surface area contributed by atoms with Gasteiger partial charge in [0.25, 0.3) is 0 Å². The molecule has 0 radical (unpaired) electrons. The number of carbonyl (C=O) groups excluding carboxylic acids is 2. The number of hydrogen-bond donors (Lipinski definition) is 3. The van der Waals surface area contributed by atoms with Crippen LogP contribution in [0.2, 0.25) is 0 Å². The molecule has 0 bridgehead atoms. The Morgan fingerprint density at radius 3 is 1.81 bits per heavy atom. The molecule has 0 heterocycles. The third-order valence-corrected chi connectivity index (χ3v) is 8.54. The fourth-order valence-electron chi connectivity index (χ4n) is 4.61. The highest BCUT2D eigenvalue weighted by molar-refractivity contribution is 7.47. The fourth-order valence-corrected chi connectivity index (χ4v) is 5.37. The van der Waals surface area contributed by atoms with Crippen LogP contribution in [0, 0.1) is 0 Å². The quantitative estimate of drug-likeness (QED) is 0.0186. The summed E-state index contributed by atoms with van der Waals surface area (Å²) in [5, 5.41) is 10.2. The third kappa shape index (κ3) is 37.2. The molecule has 306 valence electrons. The Labute approximate surface area is 326 Å². The number of unbranched alkanes of at least 4 members (excludes halogenated alkanes) is 5. The molecule has 3 atom stereocenters. The number of aliphatic hydroxyl groups is 1. The number of aliphatic hydroxyl groups excluding tert-OH is 1. The van der Waals surface area contributed by atoms with E-state index < -0.39 is 38.6 Å². The van der Waals surface area contributed by atoms with Crippen LogP contribution >= 0.6 is 7.82 Å². The van der Waals surface area contributed by atoms with Gasteiger partial charge in [0.2, 0.25) is 0 Å². The van der Waals surface area contributed by atoms with Crippen LogP contribution in [0.25, 0.3) is 0 Å². The van der Waals surface area contributed by atoms with E-state index in [9.17, 15) is 24.2 Å². The lowest BCUT2D eigenvalue weighted by molar-refractivity contribution is -0.161. The predicted octanol–water partition coefficient (Wildman–Crippen LogP) is 10.0. The van der Waals surface area contributed by atoms with Crippen LogP contribution in [0.1, 0.15) is 123 Å². The highest BCUT2D eigenvalue weighted by atomic mass is 31.2. The van der Waals surface area contributed by atoms with E-state index in [1.54, 1.807) is 12.2 Å². The molecule has 0 aromatic carbocycles. The van der Waals surface area contributed by atoms with Crippen molar-refractivity contribution in [2.24, 2.45) is 5.73 Å². The summed E-state index contributed by atoms with van der Waals surface area (Å²) in [5.41, 5.74) is 5.32. The number of carbonyl (C=O) groups is 2. The minimum absolute atomic E-state index is 0.0151. The fraction of sp³-hybridized carbons (Fsp3) is 0.581. The molecule has 0 saturated carbocycles. The number of phosphoric acid groups is 1. The normalized spacial score (nSPS) is 15.0. The van der Waals surface area contributed by atoms with Crippen molar-refractivity contribution >= 4 is 19.8 Å². The maximum Gasteiger partial charge on any atom is 0.472 e. The van der Waals surface area contributed by atoms with Gasteiger partial charge >= 0.3 is 19.8 Å². The number of esters is 2. The van der Waals surface area contributed by atoms with Gasteiger partial charge in [-0.1, -0.05) is 124 Å². The summed E-state index contributed by atoms with van der Waals surface area (Å²) in [4.78, 5) is 34.8. The molecule has 0 aromatic heterocycles. The highest BCUT2D eigenvalue weighted by Crippen LogP contribution is 2.43. The van der Waals surface area contributed by atoms with Crippen molar-refractivity contribution in [2.75, 3.05) is 26.4 Å². The third-order valence-electron chi connectivity index (χ3n) is 7.56. The van der Waals surface area contributed by atoms with Crippen molar-refractivity contribution in [3.8, 4) is 0 Å². The zero-order valence-corrected chi connectivity index (χ0v) is 33.9. The minimum Gasteiger partial charge on any atom is -0.462 e. The molecule has 0 aliphatic rings. The largest absolute Gasteiger partial charge is 0.472 e. The van der Waals surface area contributed by atoms with Gasteiger partial charge in [0.1, 0.15) is 6.61 Å². The second-order valence-electron chi connectivity index (χ2n) is 12.6. The van der Waals surface area contributed by atoms with E-state index in [0.717, 1.165) is 57.8 Å². The number of hydrogen-bond acceptors (Lipinski definition) is 9. The van der Waals surface area contributed by atoms with Gasteiger partial charge in [-0.25, -0.2) is 4.57 Å². The Kier molecular flexibility index (Phi) is 36.0. The molecule has 10 nitrogen and oxygen atoms in total. The second-order valence-corrected chi connectivity index (χ2v) is 14.1. The molecule has 0 aromatic rings. The van der Waals surface area contributed by atoms with Gasteiger partial charge in [-0.05, 0) is 83.5 Å². The summed E-state index contributed by atoms with van der Waals surface area (Å²) in [7, 11) is -4.44. The van der Waals surface area contributed by atoms with Gasteiger partial charge < -0.3 is 25.2 Å². The lowest BCUT2D eigenvalue weighted by Crippen LogP contribution is -2.29. The van der Waals surface area contributed by atoms with Crippen molar-refractivity contribution < 1.29 is 42.7 Å². The number of phosphoric ester groups is 1. The van der Waals surface area contributed by atoms with E-state index in [4.69, 9.17) is 24.3 Å². The monoisotopic (exact) mass is 775 g/mol. The zero-order valence-electron chi connectivity index (χ0n) is 33.0. The zero-order chi connectivity index (χ0) is 39.8. The Morgan fingerprint density at radius 1 is 0.667 bits per heavy atom. The van der Waals surface area contributed by atoms with E-state index in [-0.39, 0.29) is 32.6 Å². The molecule has 0 spiro atoms.